The Hall–Kier alpha value is -1.68. The molecule has 94 valence electrons. The van der Waals surface area contributed by atoms with E-state index in [1.165, 1.54) is 5.56 Å². The van der Waals surface area contributed by atoms with Gasteiger partial charge in [0.15, 0.2) is 0 Å². The molecule has 0 saturated carbocycles. The highest BCUT2D eigenvalue weighted by molar-refractivity contribution is 9.10. The molecule has 0 atom stereocenters. The first-order chi connectivity index (χ1) is 8.69. The van der Waals surface area contributed by atoms with E-state index in [-0.39, 0.29) is 0 Å². The van der Waals surface area contributed by atoms with Crippen molar-refractivity contribution in [3.05, 3.63) is 52.5 Å². The van der Waals surface area contributed by atoms with Gasteiger partial charge in [-0.2, -0.15) is 0 Å². The summed E-state index contributed by atoms with van der Waals surface area (Å²) in [5, 5.41) is 3.33. The van der Waals surface area contributed by atoms with Crippen molar-refractivity contribution in [3.8, 4) is 5.75 Å². The van der Waals surface area contributed by atoms with Crippen molar-refractivity contribution in [2.24, 2.45) is 0 Å². The lowest BCUT2D eigenvalue weighted by molar-refractivity contribution is 0.417. The molecule has 0 saturated heterocycles. The van der Waals surface area contributed by atoms with Gasteiger partial charge in [0, 0.05) is 22.8 Å². The van der Waals surface area contributed by atoms with Crippen LogP contribution >= 0.6 is 15.9 Å². The van der Waals surface area contributed by atoms with E-state index in [2.05, 4.69) is 33.4 Å². The van der Waals surface area contributed by atoms with Crippen molar-refractivity contribution in [1.82, 2.24) is 0 Å². The number of nitrogens with two attached hydrogens (primary N) is 1. The fraction of sp³-hybridized carbons (Fsp3) is 0.143. The molecule has 0 unspecified atom stereocenters. The Morgan fingerprint density at radius 1 is 1.17 bits per heavy atom. The molecule has 18 heavy (non-hydrogen) atoms. The van der Waals surface area contributed by atoms with Gasteiger partial charge in [-0.1, -0.05) is 28.1 Å². The lowest BCUT2D eigenvalue weighted by Crippen LogP contribution is -2.00. The van der Waals surface area contributed by atoms with Gasteiger partial charge in [-0.25, -0.2) is 0 Å². The Kier molecular flexibility index (Phi) is 4.10. The fourth-order valence-electron chi connectivity index (χ4n) is 1.63. The van der Waals surface area contributed by atoms with Crippen molar-refractivity contribution in [3.63, 3.8) is 0 Å². The third-order valence-corrected chi connectivity index (χ3v) is 3.17. The van der Waals surface area contributed by atoms with Crippen LogP contribution in [0.4, 0.5) is 11.4 Å². The van der Waals surface area contributed by atoms with E-state index in [0.29, 0.717) is 11.4 Å². The molecule has 0 aliphatic carbocycles. The average molecular weight is 307 g/mol. The molecule has 0 heterocycles. The standard InChI is InChI=1S/C14H15BrN2O/c1-18-14-8-12(6-7-13(14)16)17-9-10-2-4-11(15)5-3-10/h2-8,17H,9,16H2,1H3. The topological polar surface area (TPSA) is 47.3 Å². The van der Waals surface area contributed by atoms with Gasteiger partial charge < -0.3 is 15.8 Å². The second kappa shape index (κ2) is 5.78. The highest BCUT2D eigenvalue weighted by Gasteiger charge is 2.00. The van der Waals surface area contributed by atoms with Crippen molar-refractivity contribution in [2.75, 3.05) is 18.2 Å². The number of rotatable bonds is 4. The van der Waals surface area contributed by atoms with Gasteiger partial charge in [-0.3, -0.25) is 0 Å². The number of nitrogen functional groups attached to an aromatic ring is 1. The molecule has 0 aliphatic heterocycles. The van der Waals surface area contributed by atoms with Gasteiger partial charge in [0.2, 0.25) is 0 Å². The maximum absolute atomic E-state index is 5.77. The number of ether oxygens (including phenoxy) is 1. The van der Waals surface area contributed by atoms with Crippen LogP contribution in [0.3, 0.4) is 0 Å². The van der Waals surface area contributed by atoms with Crippen LogP contribution in [0, 0.1) is 0 Å². The second-order valence-electron chi connectivity index (χ2n) is 3.94. The maximum Gasteiger partial charge on any atom is 0.143 e. The number of hydrogen-bond donors (Lipinski definition) is 2. The molecule has 0 aromatic heterocycles. The highest BCUT2D eigenvalue weighted by Crippen LogP contribution is 2.25. The molecular formula is C14H15BrN2O. The first-order valence-corrected chi connectivity index (χ1v) is 6.40. The Morgan fingerprint density at radius 2 is 1.89 bits per heavy atom. The molecular weight excluding hydrogens is 292 g/mol. The second-order valence-corrected chi connectivity index (χ2v) is 4.85. The number of anilines is 2. The first kappa shape index (κ1) is 12.8. The van der Waals surface area contributed by atoms with Crippen LogP contribution in [-0.2, 0) is 6.54 Å². The monoisotopic (exact) mass is 306 g/mol. The normalized spacial score (nSPS) is 10.1. The summed E-state index contributed by atoms with van der Waals surface area (Å²) in [4.78, 5) is 0. The molecule has 0 spiro atoms. The van der Waals surface area contributed by atoms with Crippen molar-refractivity contribution in [2.45, 2.75) is 6.54 Å². The molecule has 0 bridgehead atoms. The predicted molar refractivity (Wildman–Crippen MR) is 78.9 cm³/mol. The number of benzene rings is 2. The van der Waals surface area contributed by atoms with E-state index < -0.39 is 0 Å². The van der Waals surface area contributed by atoms with E-state index >= 15 is 0 Å². The van der Waals surface area contributed by atoms with Crippen molar-refractivity contribution in [1.29, 1.82) is 0 Å². The van der Waals surface area contributed by atoms with Crippen LogP contribution in [0.5, 0.6) is 5.75 Å². The third kappa shape index (κ3) is 3.17. The summed E-state index contributed by atoms with van der Waals surface area (Å²) < 4.78 is 6.27. The number of nitrogens with one attached hydrogen (secondary N) is 1. The molecule has 3 nitrogen and oxygen atoms in total. The molecule has 0 radical (unpaired) electrons. The maximum atomic E-state index is 5.77. The zero-order valence-corrected chi connectivity index (χ0v) is 11.7. The summed E-state index contributed by atoms with van der Waals surface area (Å²) in [5.74, 6) is 0.691. The Labute approximate surface area is 115 Å². The minimum atomic E-state index is 0.645. The lowest BCUT2D eigenvalue weighted by Gasteiger charge is -2.10. The number of hydrogen-bond acceptors (Lipinski definition) is 3. The molecule has 3 N–H and O–H groups in total. The lowest BCUT2D eigenvalue weighted by atomic mass is 10.2. The molecule has 4 heteroatoms. The van der Waals surface area contributed by atoms with Crippen LogP contribution in [0.15, 0.2) is 46.9 Å². The highest BCUT2D eigenvalue weighted by atomic mass is 79.9. The first-order valence-electron chi connectivity index (χ1n) is 5.61. The predicted octanol–water partition coefficient (Wildman–Crippen LogP) is 3.65. The van der Waals surface area contributed by atoms with Crippen LogP contribution in [0.25, 0.3) is 0 Å². The summed E-state index contributed by atoms with van der Waals surface area (Å²) in [6, 6.07) is 13.9. The van der Waals surface area contributed by atoms with Gasteiger partial charge >= 0.3 is 0 Å². The molecule has 0 amide bonds. The van der Waals surface area contributed by atoms with E-state index in [1.54, 1.807) is 7.11 Å². The molecule has 2 aromatic carbocycles. The Balaban J connectivity index is 2.04. The quantitative estimate of drug-likeness (QED) is 0.848. The molecule has 0 aliphatic rings. The van der Waals surface area contributed by atoms with Gasteiger partial charge in [-0.05, 0) is 29.8 Å². The summed E-state index contributed by atoms with van der Waals surface area (Å²) >= 11 is 3.42. The van der Waals surface area contributed by atoms with Gasteiger partial charge in [-0.15, -0.1) is 0 Å². The smallest absolute Gasteiger partial charge is 0.143 e. The van der Waals surface area contributed by atoms with Crippen LogP contribution in [-0.4, -0.2) is 7.11 Å². The van der Waals surface area contributed by atoms with Gasteiger partial charge in [0.05, 0.1) is 12.8 Å². The summed E-state index contributed by atoms with van der Waals surface area (Å²) in [6.07, 6.45) is 0. The summed E-state index contributed by atoms with van der Waals surface area (Å²) in [5.41, 5.74) is 8.62. The zero-order valence-electron chi connectivity index (χ0n) is 10.1. The van der Waals surface area contributed by atoms with E-state index in [9.17, 15) is 0 Å². The zero-order chi connectivity index (χ0) is 13.0. The van der Waals surface area contributed by atoms with Crippen molar-refractivity contribution < 1.29 is 4.74 Å². The SMILES string of the molecule is COc1cc(NCc2ccc(Br)cc2)ccc1N. The minimum absolute atomic E-state index is 0.645. The van der Waals surface area contributed by atoms with E-state index in [4.69, 9.17) is 10.5 Å². The number of methoxy groups -OCH3 is 1. The molecule has 0 fully saturated rings. The summed E-state index contributed by atoms with van der Waals surface area (Å²) in [7, 11) is 1.62. The summed E-state index contributed by atoms with van der Waals surface area (Å²) in [6.45, 7) is 0.764. The van der Waals surface area contributed by atoms with Crippen molar-refractivity contribution >= 4 is 27.3 Å². The van der Waals surface area contributed by atoms with Gasteiger partial charge in [0.25, 0.3) is 0 Å². The van der Waals surface area contributed by atoms with Crippen LogP contribution in [0.2, 0.25) is 0 Å². The Morgan fingerprint density at radius 3 is 2.56 bits per heavy atom. The average Bonchev–Trinajstić information content (AvgIpc) is 2.39. The van der Waals surface area contributed by atoms with Gasteiger partial charge in [0.1, 0.15) is 5.75 Å². The Bertz CT molecular complexity index is 526. The fourth-order valence-corrected chi connectivity index (χ4v) is 1.89. The van der Waals surface area contributed by atoms with E-state index in [1.807, 2.05) is 30.3 Å². The third-order valence-electron chi connectivity index (χ3n) is 2.64. The molecule has 2 aromatic rings. The largest absolute Gasteiger partial charge is 0.495 e. The number of halogens is 1. The minimum Gasteiger partial charge on any atom is -0.495 e. The van der Waals surface area contributed by atoms with Crippen LogP contribution in [0.1, 0.15) is 5.56 Å². The van der Waals surface area contributed by atoms with E-state index in [0.717, 1.165) is 16.7 Å². The molecule has 2 rings (SSSR count). The van der Waals surface area contributed by atoms with Crippen LogP contribution < -0.4 is 15.8 Å².